The number of carboxylic acids is 1. The number of aliphatic hydroxyl groups is 1. The number of carbonyl (C=O) groups is 1. The third-order valence-corrected chi connectivity index (χ3v) is 3.09. The van der Waals surface area contributed by atoms with Crippen molar-refractivity contribution < 1.29 is 19.7 Å². The van der Waals surface area contributed by atoms with Crippen molar-refractivity contribution in [3.05, 3.63) is 35.4 Å². The summed E-state index contributed by atoms with van der Waals surface area (Å²) in [5.41, 5.74) is 1.80. The fourth-order valence-electron chi connectivity index (χ4n) is 1.97. The second-order valence-corrected chi connectivity index (χ2v) is 5.12. The summed E-state index contributed by atoms with van der Waals surface area (Å²) in [6.45, 7) is 3.21. The highest BCUT2D eigenvalue weighted by Crippen LogP contribution is 2.22. The molecule has 5 heteroatoms. The van der Waals surface area contributed by atoms with Crippen LogP contribution in [-0.4, -0.2) is 47.9 Å². The van der Waals surface area contributed by atoms with Gasteiger partial charge in [-0.05, 0) is 44.2 Å². The topological polar surface area (TPSA) is 70.0 Å². The average Bonchev–Trinajstić information content (AvgIpc) is 2.43. The molecule has 1 unspecified atom stereocenters. The zero-order chi connectivity index (χ0) is 15.8. The Morgan fingerprint density at radius 3 is 2.76 bits per heavy atom. The van der Waals surface area contributed by atoms with E-state index in [1.165, 1.54) is 0 Å². The predicted molar refractivity (Wildman–Crippen MR) is 82.3 cm³/mol. The Morgan fingerprint density at radius 2 is 2.19 bits per heavy atom. The monoisotopic (exact) mass is 293 g/mol. The number of hydrogen-bond donors (Lipinski definition) is 2. The van der Waals surface area contributed by atoms with Crippen molar-refractivity contribution in [1.82, 2.24) is 4.90 Å². The maximum absolute atomic E-state index is 10.6. The molecule has 1 rings (SSSR count). The van der Waals surface area contributed by atoms with Crippen LogP contribution in [0.25, 0.3) is 6.08 Å². The lowest BCUT2D eigenvalue weighted by Crippen LogP contribution is -2.22. The van der Waals surface area contributed by atoms with Crippen molar-refractivity contribution in [2.45, 2.75) is 26.0 Å². The van der Waals surface area contributed by atoms with Crippen LogP contribution in [-0.2, 0) is 11.3 Å². The lowest BCUT2D eigenvalue weighted by atomic mass is 10.1. The van der Waals surface area contributed by atoms with E-state index in [2.05, 4.69) is 4.90 Å². The van der Waals surface area contributed by atoms with Crippen LogP contribution in [0.15, 0.2) is 24.3 Å². The summed E-state index contributed by atoms with van der Waals surface area (Å²) >= 11 is 0. The highest BCUT2D eigenvalue weighted by atomic mass is 16.5. The van der Waals surface area contributed by atoms with Gasteiger partial charge in [-0.3, -0.25) is 0 Å². The lowest BCUT2D eigenvalue weighted by Gasteiger charge is -2.19. The number of hydrogen-bond acceptors (Lipinski definition) is 4. The molecule has 0 saturated heterocycles. The first kappa shape index (κ1) is 17.2. The van der Waals surface area contributed by atoms with E-state index in [0.717, 1.165) is 29.5 Å². The van der Waals surface area contributed by atoms with Crippen LogP contribution in [0.3, 0.4) is 0 Å². The standard InChI is InChI=1S/C16H23NO4/c1-12(18)8-9-17(2)11-14-10-13(5-7-16(19)20)4-6-15(14)21-3/h4-7,10,12,18H,8-9,11H2,1-3H3,(H,19,20)/b7-5+. The van der Waals surface area contributed by atoms with Gasteiger partial charge >= 0.3 is 5.97 Å². The highest BCUT2D eigenvalue weighted by molar-refractivity contribution is 5.85. The Kier molecular flexibility index (Phi) is 6.91. The first-order valence-electron chi connectivity index (χ1n) is 6.87. The summed E-state index contributed by atoms with van der Waals surface area (Å²) in [6.07, 6.45) is 3.06. The van der Waals surface area contributed by atoms with Gasteiger partial charge in [-0.15, -0.1) is 0 Å². The number of rotatable bonds is 8. The van der Waals surface area contributed by atoms with E-state index < -0.39 is 5.97 Å². The summed E-state index contributed by atoms with van der Waals surface area (Å²) in [4.78, 5) is 12.7. The molecule has 0 aliphatic heterocycles. The molecule has 1 aromatic carbocycles. The molecule has 0 aliphatic carbocycles. The van der Waals surface area contributed by atoms with Gasteiger partial charge in [-0.2, -0.15) is 0 Å². The van der Waals surface area contributed by atoms with Gasteiger partial charge in [0.05, 0.1) is 13.2 Å². The normalized spacial score (nSPS) is 12.8. The number of aliphatic carboxylic acids is 1. The minimum absolute atomic E-state index is 0.320. The molecule has 0 spiro atoms. The molecule has 116 valence electrons. The molecule has 2 N–H and O–H groups in total. The molecular weight excluding hydrogens is 270 g/mol. The Morgan fingerprint density at radius 1 is 1.48 bits per heavy atom. The average molecular weight is 293 g/mol. The lowest BCUT2D eigenvalue weighted by molar-refractivity contribution is -0.131. The van der Waals surface area contributed by atoms with Crippen LogP contribution in [0.2, 0.25) is 0 Å². The van der Waals surface area contributed by atoms with E-state index in [1.54, 1.807) is 20.1 Å². The van der Waals surface area contributed by atoms with Gasteiger partial charge in [0.1, 0.15) is 5.75 Å². The van der Waals surface area contributed by atoms with Gasteiger partial charge in [0.2, 0.25) is 0 Å². The van der Waals surface area contributed by atoms with Crippen molar-refractivity contribution in [2.75, 3.05) is 20.7 Å². The van der Waals surface area contributed by atoms with E-state index >= 15 is 0 Å². The second-order valence-electron chi connectivity index (χ2n) is 5.12. The molecule has 1 aromatic rings. The molecule has 0 saturated carbocycles. The molecule has 0 bridgehead atoms. The minimum atomic E-state index is -0.971. The number of nitrogens with zero attached hydrogens (tertiary/aromatic N) is 1. The molecule has 0 heterocycles. The second kappa shape index (κ2) is 8.44. The largest absolute Gasteiger partial charge is 0.496 e. The first-order valence-corrected chi connectivity index (χ1v) is 6.87. The van der Waals surface area contributed by atoms with Gasteiger partial charge < -0.3 is 19.8 Å². The van der Waals surface area contributed by atoms with Gasteiger partial charge in [-0.1, -0.05) is 6.07 Å². The molecule has 0 fully saturated rings. The zero-order valence-corrected chi connectivity index (χ0v) is 12.7. The van der Waals surface area contributed by atoms with Crippen molar-refractivity contribution in [2.24, 2.45) is 0 Å². The van der Waals surface area contributed by atoms with Gasteiger partial charge in [0.15, 0.2) is 0 Å². The van der Waals surface area contributed by atoms with E-state index in [4.69, 9.17) is 9.84 Å². The Balaban J connectivity index is 2.82. The van der Waals surface area contributed by atoms with Crippen molar-refractivity contribution in [3.63, 3.8) is 0 Å². The number of ether oxygens (including phenoxy) is 1. The summed E-state index contributed by atoms with van der Waals surface area (Å²) in [6, 6.07) is 5.56. The van der Waals surface area contributed by atoms with Gasteiger partial charge in [0.25, 0.3) is 0 Å². The molecule has 0 aromatic heterocycles. The molecule has 0 aliphatic rings. The van der Waals surface area contributed by atoms with Crippen LogP contribution in [0, 0.1) is 0 Å². The summed E-state index contributed by atoms with van der Waals surface area (Å²) in [5.74, 6) is -0.201. The van der Waals surface area contributed by atoms with E-state index in [-0.39, 0.29) is 6.10 Å². The predicted octanol–water partition coefficient (Wildman–Crippen LogP) is 2.00. The number of benzene rings is 1. The minimum Gasteiger partial charge on any atom is -0.496 e. The maximum Gasteiger partial charge on any atom is 0.328 e. The molecule has 0 amide bonds. The van der Waals surface area contributed by atoms with Crippen molar-refractivity contribution >= 4 is 12.0 Å². The summed E-state index contributed by atoms with van der Waals surface area (Å²) in [7, 11) is 3.59. The van der Waals surface area contributed by atoms with Crippen LogP contribution < -0.4 is 4.74 Å². The fourth-order valence-corrected chi connectivity index (χ4v) is 1.97. The Bertz CT molecular complexity index is 497. The Hall–Kier alpha value is -1.85. The zero-order valence-electron chi connectivity index (χ0n) is 12.7. The maximum atomic E-state index is 10.6. The van der Waals surface area contributed by atoms with Gasteiger partial charge in [0, 0.05) is 24.7 Å². The molecule has 5 nitrogen and oxygen atoms in total. The van der Waals surface area contributed by atoms with E-state index in [9.17, 15) is 9.90 Å². The van der Waals surface area contributed by atoms with Crippen LogP contribution in [0.1, 0.15) is 24.5 Å². The highest BCUT2D eigenvalue weighted by Gasteiger charge is 2.08. The van der Waals surface area contributed by atoms with E-state index in [1.807, 2.05) is 25.2 Å². The SMILES string of the molecule is COc1ccc(/C=C/C(=O)O)cc1CN(C)CCC(C)O. The quantitative estimate of drug-likeness (QED) is 0.717. The first-order chi connectivity index (χ1) is 9.92. The van der Waals surface area contributed by atoms with Gasteiger partial charge in [-0.25, -0.2) is 4.79 Å². The van der Waals surface area contributed by atoms with Crippen LogP contribution in [0.4, 0.5) is 0 Å². The summed E-state index contributed by atoms with van der Waals surface area (Å²) in [5, 5.41) is 18.0. The Labute approximate surface area is 125 Å². The third-order valence-electron chi connectivity index (χ3n) is 3.09. The van der Waals surface area contributed by atoms with E-state index in [0.29, 0.717) is 13.0 Å². The fraction of sp³-hybridized carbons (Fsp3) is 0.438. The number of methoxy groups -OCH3 is 1. The van der Waals surface area contributed by atoms with Crippen LogP contribution in [0.5, 0.6) is 5.75 Å². The van der Waals surface area contributed by atoms with Crippen LogP contribution >= 0.6 is 0 Å². The smallest absolute Gasteiger partial charge is 0.328 e. The molecule has 0 radical (unpaired) electrons. The summed E-state index contributed by atoms with van der Waals surface area (Å²) < 4.78 is 5.34. The van der Waals surface area contributed by atoms with Crippen molar-refractivity contribution in [1.29, 1.82) is 0 Å². The number of aliphatic hydroxyl groups excluding tert-OH is 1. The number of carboxylic acid groups (broad SMARTS) is 1. The third kappa shape index (κ3) is 6.42. The molecule has 1 atom stereocenters. The molecule has 21 heavy (non-hydrogen) atoms. The molecular formula is C16H23NO4. The van der Waals surface area contributed by atoms with Crippen molar-refractivity contribution in [3.8, 4) is 5.75 Å².